The van der Waals surface area contributed by atoms with Crippen LogP contribution in [-0.4, -0.2) is 37.4 Å². The minimum absolute atomic E-state index is 0.00813. The van der Waals surface area contributed by atoms with Crippen molar-refractivity contribution in [3.05, 3.63) is 60.2 Å². The summed E-state index contributed by atoms with van der Waals surface area (Å²) in [4.78, 5) is 26.3. The van der Waals surface area contributed by atoms with Crippen molar-refractivity contribution >= 4 is 17.5 Å². The normalized spacial score (nSPS) is 11.5. The molecule has 2 amide bonds. The van der Waals surface area contributed by atoms with E-state index in [-0.39, 0.29) is 24.3 Å². The van der Waals surface area contributed by atoms with E-state index in [1.807, 2.05) is 37.3 Å². The number of nitrogens with one attached hydrogen (secondary N) is 1. The molecule has 2 aromatic rings. The Kier molecular flexibility index (Phi) is 6.57. The summed E-state index contributed by atoms with van der Waals surface area (Å²) in [6, 6.07) is 16.7. The zero-order valence-corrected chi connectivity index (χ0v) is 14.9. The maximum atomic E-state index is 12.7. The third-order valence-electron chi connectivity index (χ3n) is 4.04. The molecule has 5 heteroatoms. The van der Waals surface area contributed by atoms with E-state index in [9.17, 15) is 9.59 Å². The van der Waals surface area contributed by atoms with Gasteiger partial charge >= 0.3 is 0 Å². The number of amides is 2. The highest BCUT2D eigenvalue weighted by Gasteiger charge is 2.23. The van der Waals surface area contributed by atoms with Crippen LogP contribution < -0.4 is 10.1 Å². The first kappa shape index (κ1) is 18.5. The second-order valence-corrected chi connectivity index (χ2v) is 5.84. The molecule has 0 fully saturated rings. The second-order valence-electron chi connectivity index (χ2n) is 5.84. The van der Waals surface area contributed by atoms with Gasteiger partial charge in [-0.05, 0) is 36.2 Å². The van der Waals surface area contributed by atoms with E-state index >= 15 is 0 Å². The molecule has 0 saturated heterocycles. The van der Waals surface area contributed by atoms with E-state index < -0.39 is 0 Å². The van der Waals surface area contributed by atoms with Crippen LogP contribution in [0.3, 0.4) is 0 Å². The van der Waals surface area contributed by atoms with Crippen molar-refractivity contribution in [1.29, 1.82) is 0 Å². The lowest BCUT2D eigenvalue weighted by molar-refractivity contribution is -0.134. The van der Waals surface area contributed by atoms with Crippen LogP contribution in [0.4, 0.5) is 5.69 Å². The van der Waals surface area contributed by atoms with Crippen LogP contribution in [-0.2, 0) is 9.59 Å². The van der Waals surface area contributed by atoms with E-state index in [1.54, 1.807) is 38.4 Å². The highest BCUT2D eigenvalue weighted by atomic mass is 16.5. The summed E-state index contributed by atoms with van der Waals surface area (Å²) < 4.78 is 5.09. The van der Waals surface area contributed by atoms with E-state index in [1.165, 1.54) is 4.90 Å². The highest BCUT2D eigenvalue weighted by Crippen LogP contribution is 2.21. The standard InChI is InChI=1S/C20H24N2O3/c1-4-18(15-8-6-5-7-9-15)20(24)22(2)14-19(23)21-16-10-12-17(25-3)13-11-16/h5-13,18H,4,14H2,1-3H3,(H,21,23). The maximum absolute atomic E-state index is 12.7. The molecule has 0 aliphatic rings. The predicted molar refractivity (Wildman–Crippen MR) is 98.7 cm³/mol. The molecular weight excluding hydrogens is 316 g/mol. The zero-order valence-electron chi connectivity index (χ0n) is 14.9. The van der Waals surface area contributed by atoms with E-state index in [0.29, 0.717) is 12.1 Å². The van der Waals surface area contributed by atoms with Gasteiger partial charge in [0.25, 0.3) is 0 Å². The number of methoxy groups -OCH3 is 1. The summed E-state index contributed by atoms with van der Waals surface area (Å²) in [5.74, 6) is 0.196. The van der Waals surface area contributed by atoms with Gasteiger partial charge in [0.2, 0.25) is 11.8 Å². The minimum atomic E-state index is -0.236. The molecule has 2 rings (SSSR count). The van der Waals surface area contributed by atoms with Gasteiger partial charge in [-0.25, -0.2) is 0 Å². The summed E-state index contributed by atoms with van der Waals surface area (Å²) in [7, 11) is 3.24. The van der Waals surface area contributed by atoms with Crippen LogP contribution in [0.5, 0.6) is 5.75 Å². The number of anilines is 1. The molecule has 0 bridgehead atoms. The Morgan fingerprint density at radius 2 is 1.72 bits per heavy atom. The molecule has 0 aliphatic heterocycles. The van der Waals surface area contributed by atoms with Gasteiger partial charge in [-0.1, -0.05) is 37.3 Å². The highest BCUT2D eigenvalue weighted by molar-refractivity contribution is 5.95. The molecule has 132 valence electrons. The molecule has 0 saturated carbocycles. The molecule has 1 atom stereocenters. The number of carbonyl (C=O) groups is 2. The third-order valence-corrected chi connectivity index (χ3v) is 4.04. The van der Waals surface area contributed by atoms with Crippen LogP contribution in [0, 0.1) is 0 Å². The molecule has 0 aliphatic carbocycles. The molecule has 0 spiro atoms. The molecule has 2 aromatic carbocycles. The van der Waals surface area contributed by atoms with Crippen LogP contribution in [0.15, 0.2) is 54.6 Å². The van der Waals surface area contributed by atoms with Gasteiger partial charge in [-0.3, -0.25) is 9.59 Å². The molecule has 1 N–H and O–H groups in total. The van der Waals surface area contributed by atoms with Crippen molar-refractivity contribution in [3.63, 3.8) is 0 Å². The molecule has 0 radical (unpaired) electrons. The largest absolute Gasteiger partial charge is 0.497 e. The van der Waals surface area contributed by atoms with E-state index in [2.05, 4.69) is 5.32 Å². The number of hydrogen-bond donors (Lipinski definition) is 1. The minimum Gasteiger partial charge on any atom is -0.497 e. The molecule has 1 unspecified atom stereocenters. The predicted octanol–water partition coefficient (Wildman–Crippen LogP) is 3.29. The van der Waals surface area contributed by atoms with Crippen molar-refractivity contribution in [2.75, 3.05) is 26.0 Å². The fraction of sp³-hybridized carbons (Fsp3) is 0.300. The quantitative estimate of drug-likeness (QED) is 0.841. The first-order valence-corrected chi connectivity index (χ1v) is 8.29. The number of ether oxygens (including phenoxy) is 1. The van der Waals surface area contributed by atoms with Crippen molar-refractivity contribution in [1.82, 2.24) is 4.90 Å². The lowest BCUT2D eigenvalue weighted by Crippen LogP contribution is -2.37. The van der Waals surface area contributed by atoms with Crippen molar-refractivity contribution in [2.45, 2.75) is 19.3 Å². The van der Waals surface area contributed by atoms with Gasteiger partial charge < -0.3 is 15.0 Å². The van der Waals surface area contributed by atoms with Gasteiger partial charge in [0.05, 0.1) is 19.6 Å². The maximum Gasteiger partial charge on any atom is 0.243 e. The lowest BCUT2D eigenvalue weighted by Gasteiger charge is -2.23. The number of carbonyl (C=O) groups excluding carboxylic acids is 2. The van der Waals surface area contributed by atoms with Crippen molar-refractivity contribution in [3.8, 4) is 5.75 Å². The monoisotopic (exact) mass is 340 g/mol. The number of nitrogens with zero attached hydrogens (tertiary/aromatic N) is 1. The van der Waals surface area contributed by atoms with E-state index in [0.717, 1.165) is 11.3 Å². The van der Waals surface area contributed by atoms with Crippen LogP contribution in [0.1, 0.15) is 24.8 Å². The lowest BCUT2D eigenvalue weighted by atomic mass is 9.95. The first-order valence-electron chi connectivity index (χ1n) is 8.29. The first-order chi connectivity index (χ1) is 12.0. The Hall–Kier alpha value is -2.82. The summed E-state index contributed by atoms with van der Waals surface area (Å²) in [5.41, 5.74) is 1.64. The summed E-state index contributed by atoms with van der Waals surface area (Å²) in [6.07, 6.45) is 0.688. The Bertz CT molecular complexity index is 699. The average Bonchev–Trinajstić information content (AvgIpc) is 2.63. The Balaban J connectivity index is 1.96. The van der Waals surface area contributed by atoms with Gasteiger partial charge in [0, 0.05) is 12.7 Å². The Morgan fingerprint density at radius 1 is 1.08 bits per heavy atom. The van der Waals surface area contributed by atoms with Gasteiger partial charge in [-0.2, -0.15) is 0 Å². The number of rotatable bonds is 7. The van der Waals surface area contributed by atoms with Gasteiger partial charge in [0.15, 0.2) is 0 Å². The number of hydrogen-bond acceptors (Lipinski definition) is 3. The van der Waals surface area contributed by atoms with Crippen LogP contribution in [0.25, 0.3) is 0 Å². The summed E-state index contributed by atoms with van der Waals surface area (Å²) >= 11 is 0. The third kappa shape index (κ3) is 5.08. The SMILES string of the molecule is CCC(C(=O)N(C)CC(=O)Nc1ccc(OC)cc1)c1ccccc1. The molecular formula is C20H24N2O3. The smallest absolute Gasteiger partial charge is 0.243 e. The molecule has 0 aromatic heterocycles. The van der Waals surface area contributed by atoms with E-state index in [4.69, 9.17) is 4.74 Å². The average molecular weight is 340 g/mol. The van der Waals surface area contributed by atoms with Crippen LogP contribution in [0.2, 0.25) is 0 Å². The fourth-order valence-corrected chi connectivity index (χ4v) is 2.67. The van der Waals surface area contributed by atoms with Crippen molar-refractivity contribution in [2.24, 2.45) is 0 Å². The molecule has 25 heavy (non-hydrogen) atoms. The zero-order chi connectivity index (χ0) is 18.2. The van der Waals surface area contributed by atoms with Crippen molar-refractivity contribution < 1.29 is 14.3 Å². The molecule has 0 heterocycles. The Labute approximate surface area is 148 Å². The number of likely N-dealkylation sites (N-methyl/N-ethyl adjacent to an activating group) is 1. The Morgan fingerprint density at radius 3 is 2.28 bits per heavy atom. The number of benzene rings is 2. The summed E-state index contributed by atoms with van der Waals surface area (Å²) in [6.45, 7) is 1.98. The van der Waals surface area contributed by atoms with Gasteiger partial charge in [-0.15, -0.1) is 0 Å². The second kappa shape index (κ2) is 8.87. The molecule has 5 nitrogen and oxygen atoms in total. The fourth-order valence-electron chi connectivity index (χ4n) is 2.67. The summed E-state index contributed by atoms with van der Waals surface area (Å²) in [5, 5.41) is 2.79. The topological polar surface area (TPSA) is 58.6 Å². The van der Waals surface area contributed by atoms with Crippen LogP contribution >= 0.6 is 0 Å². The van der Waals surface area contributed by atoms with Gasteiger partial charge in [0.1, 0.15) is 5.75 Å².